The molecule has 1 aliphatic heterocycles. The van der Waals surface area contributed by atoms with Crippen LogP contribution in [0, 0.1) is 0 Å². The molecule has 0 spiro atoms. The van der Waals surface area contributed by atoms with Gasteiger partial charge in [-0.05, 0) is 25.0 Å². The zero-order valence-electron chi connectivity index (χ0n) is 12.0. The monoisotopic (exact) mass is 263 g/mol. The third-order valence-electron chi connectivity index (χ3n) is 4.01. The molecule has 1 heterocycles. The largest absolute Gasteiger partial charge is 0.497 e. The van der Waals surface area contributed by atoms with E-state index in [1.165, 1.54) is 18.5 Å². The fourth-order valence-corrected chi connectivity index (χ4v) is 2.75. The predicted molar refractivity (Wildman–Crippen MR) is 79.9 cm³/mol. The Morgan fingerprint density at radius 1 is 1.37 bits per heavy atom. The Balaban J connectivity index is 1.94. The van der Waals surface area contributed by atoms with Crippen LogP contribution in [0.3, 0.4) is 0 Å². The van der Waals surface area contributed by atoms with E-state index in [9.17, 15) is 0 Å². The maximum Gasteiger partial charge on any atom is 0.120 e. The van der Waals surface area contributed by atoms with Crippen LogP contribution in [0.2, 0.25) is 0 Å². The lowest BCUT2D eigenvalue weighted by Gasteiger charge is -2.37. The number of nitrogens with two attached hydrogens (primary N) is 1. The first-order chi connectivity index (χ1) is 9.24. The van der Waals surface area contributed by atoms with Crippen LogP contribution in [0.15, 0.2) is 24.3 Å². The zero-order valence-corrected chi connectivity index (χ0v) is 12.0. The zero-order chi connectivity index (χ0) is 13.7. The quantitative estimate of drug-likeness (QED) is 0.875. The fourth-order valence-electron chi connectivity index (χ4n) is 2.75. The van der Waals surface area contributed by atoms with Gasteiger partial charge in [-0.3, -0.25) is 0 Å². The van der Waals surface area contributed by atoms with E-state index in [1.54, 1.807) is 7.11 Å². The average Bonchev–Trinajstić information content (AvgIpc) is 2.48. The van der Waals surface area contributed by atoms with Crippen LogP contribution in [-0.4, -0.2) is 51.3 Å². The second kappa shape index (κ2) is 6.78. The highest BCUT2D eigenvalue weighted by Gasteiger charge is 2.22. The van der Waals surface area contributed by atoms with Crippen molar-refractivity contribution in [3.05, 3.63) is 24.3 Å². The number of ether oxygens (including phenoxy) is 1. The summed E-state index contributed by atoms with van der Waals surface area (Å²) in [7, 11) is 3.89. The molecule has 1 fully saturated rings. The summed E-state index contributed by atoms with van der Waals surface area (Å²) in [5.74, 6) is 0.921. The van der Waals surface area contributed by atoms with Gasteiger partial charge in [-0.2, -0.15) is 0 Å². The first-order valence-electron chi connectivity index (χ1n) is 7.04. The topological polar surface area (TPSA) is 41.7 Å². The number of likely N-dealkylation sites (tertiary alicyclic amines) is 1. The van der Waals surface area contributed by atoms with Crippen LogP contribution in [0.1, 0.15) is 12.8 Å². The summed E-state index contributed by atoms with van der Waals surface area (Å²) in [6, 6.07) is 8.90. The average molecular weight is 263 g/mol. The van der Waals surface area contributed by atoms with Gasteiger partial charge >= 0.3 is 0 Å². The molecule has 19 heavy (non-hydrogen) atoms. The molecule has 0 saturated carbocycles. The van der Waals surface area contributed by atoms with Crippen molar-refractivity contribution >= 4 is 5.69 Å². The Labute approximate surface area is 116 Å². The molecule has 0 bridgehead atoms. The predicted octanol–water partition coefficient (Wildman–Crippen LogP) is 1.55. The summed E-state index contributed by atoms with van der Waals surface area (Å²) in [6.45, 7) is 4.08. The number of hydrogen-bond acceptors (Lipinski definition) is 4. The number of hydrogen-bond donors (Lipinski definition) is 1. The van der Waals surface area contributed by atoms with E-state index in [0.717, 1.165) is 31.9 Å². The number of piperidine rings is 1. The van der Waals surface area contributed by atoms with Gasteiger partial charge in [-0.25, -0.2) is 0 Å². The molecule has 0 atom stereocenters. The van der Waals surface area contributed by atoms with Crippen LogP contribution in [0.4, 0.5) is 5.69 Å². The fraction of sp³-hybridized carbons (Fsp3) is 0.600. The molecule has 1 aromatic carbocycles. The highest BCUT2D eigenvalue weighted by Crippen LogP contribution is 2.25. The van der Waals surface area contributed by atoms with Crippen molar-refractivity contribution in [2.75, 3.05) is 45.2 Å². The molecule has 2 rings (SSSR count). The Bertz CT molecular complexity index is 389. The Morgan fingerprint density at radius 3 is 2.74 bits per heavy atom. The van der Waals surface area contributed by atoms with Crippen LogP contribution >= 0.6 is 0 Å². The lowest BCUT2D eigenvalue weighted by atomic mass is 10.0. The molecule has 0 unspecified atom stereocenters. The molecule has 1 aliphatic rings. The molecule has 2 N–H and O–H groups in total. The standard InChI is InChI=1S/C15H25N3O/c1-17(14-4-3-5-15(12-14)19-2)13-6-9-18(10-7-13)11-8-16/h3-5,12-13H,6-11,16H2,1-2H3. The van der Waals surface area contributed by atoms with Gasteiger partial charge in [0.2, 0.25) is 0 Å². The van der Waals surface area contributed by atoms with Crippen LogP contribution in [0.25, 0.3) is 0 Å². The van der Waals surface area contributed by atoms with E-state index in [2.05, 4.69) is 29.0 Å². The first kappa shape index (κ1) is 14.2. The molecule has 1 aromatic rings. The van der Waals surface area contributed by atoms with Gasteiger partial charge in [0.05, 0.1) is 7.11 Å². The van der Waals surface area contributed by atoms with Crippen molar-refractivity contribution in [2.45, 2.75) is 18.9 Å². The minimum absolute atomic E-state index is 0.612. The van der Waals surface area contributed by atoms with Crippen LogP contribution in [-0.2, 0) is 0 Å². The number of anilines is 1. The van der Waals surface area contributed by atoms with E-state index in [1.807, 2.05) is 12.1 Å². The van der Waals surface area contributed by atoms with Crippen molar-refractivity contribution in [3.63, 3.8) is 0 Å². The second-order valence-electron chi connectivity index (χ2n) is 5.17. The summed E-state index contributed by atoms with van der Waals surface area (Å²) < 4.78 is 5.29. The van der Waals surface area contributed by atoms with Crippen molar-refractivity contribution in [1.29, 1.82) is 0 Å². The lowest BCUT2D eigenvalue weighted by Crippen LogP contribution is -2.44. The molecule has 4 heteroatoms. The Morgan fingerprint density at radius 2 is 2.11 bits per heavy atom. The highest BCUT2D eigenvalue weighted by molar-refractivity contribution is 5.51. The van der Waals surface area contributed by atoms with Crippen molar-refractivity contribution < 1.29 is 4.74 Å². The minimum atomic E-state index is 0.612. The summed E-state index contributed by atoms with van der Waals surface area (Å²) in [5, 5.41) is 0. The molecule has 0 aliphatic carbocycles. The maximum absolute atomic E-state index is 5.61. The Hall–Kier alpha value is -1.26. The summed E-state index contributed by atoms with van der Waals surface area (Å²) >= 11 is 0. The third kappa shape index (κ3) is 3.61. The van der Waals surface area contributed by atoms with Crippen LogP contribution < -0.4 is 15.4 Å². The van der Waals surface area contributed by atoms with E-state index < -0.39 is 0 Å². The van der Waals surface area contributed by atoms with Gasteiger partial charge in [0, 0.05) is 51.0 Å². The SMILES string of the molecule is COc1cccc(N(C)C2CCN(CCN)CC2)c1. The van der Waals surface area contributed by atoms with Gasteiger partial charge < -0.3 is 20.3 Å². The molecule has 0 aromatic heterocycles. The summed E-state index contributed by atoms with van der Waals surface area (Å²) in [6.07, 6.45) is 2.40. The minimum Gasteiger partial charge on any atom is -0.497 e. The van der Waals surface area contributed by atoms with Gasteiger partial charge in [0.15, 0.2) is 0 Å². The second-order valence-corrected chi connectivity index (χ2v) is 5.17. The number of nitrogens with zero attached hydrogens (tertiary/aromatic N) is 2. The number of rotatable bonds is 5. The molecular weight excluding hydrogens is 238 g/mol. The first-order valence-corrected chi connectivity index (χ1v) is 7.04. The molecular formula is C15H25N3O. The molecule has 106 valence electrons. The lowest BCUT2D eigenvalue weighted by molar-refractivity contribution is 0.216. The molecule has 1 saturated heterocycles. The van der Waals surface area contributed by atoms with E-state index in [4.69, 9.17) is 10.5 Å². The van der Waals surface area contributed by atoms with Crippen molar-refractivity contribution in [1.82, 2.24) is 4.90 Å². The normalized spacial score (nSPS) is 17.4. The van der Waals surface area contributed by atoms with E-state index in [-0.39, 0.29) is 0 Å². The smallest absolute Gasteiger partial charge is 0.120 e. The summed E-state index contributed by atoms with van der Waals surface area (Å²) in [5.41, 5.74) is 6.84. The third-order valence-corrected chi connectivity index (χ3v) is 4.01. The number of methoxy groups -OCH3 is 1. The molecule has 4 nitrogen and oxygen atoms in total. The van der Waals surface area contributed by atoms with E-state index in [0.29, 0.717) is 6.04 Å². The van der Waals surface area contributed by atoms with Crippen LogP contribution in [0.5, 0.6) is 5.75 Å². The number of benzene rings is 1. The Kier molecular flexibility index (Phi) is 5.05. The summed E-state index contributed by atoms with van der Waals surface area (Å²) in [4.78, 5) is 4.83. The molecule has 0 amide bonds. The highest BCUT2D eigenvalue weighted by atomic mass is 16.5. The van der Waals surface area contributed by atoms with Gasteiger partial charge in [0.1, 0.15) is 5.75 Å². The van der Waals surface area contributed by atoms with E-state index >= 15 is 0 Å². The maximum atomic E-state index is 5.61. The van der Waals surface area contributed by atoms with Gasteiger partial charge in [0.25, 0.3) is 0 Å². The van der Waals surface area contributed by atoms with Gasteiger partial charge in [-0.15, -0.1) is 0 Å². The van der Waals surface area contributed by atoms with Gasteiger partial charge in [-0.1, -0.05) is 6.07 Å². The van der Waals surface area contributed by atoms with Crippen molar-refractivity contribution in [2.24, 2.45) is 5.73 Å². The van der Waals surface area contributed by atoms with Crippen molar-refractivity contribution in [3.8, 4) is 5.75 Å². The molecule has 0 radical (unpaired) electrons.